The molecule has 1 aromatic rings. The maximum atomic E-state index is 14.1. The van der Waals surface area contributed by atoms with E-state index in [1.165, 1.54) is 18.7 Å². The fraction of sp³-hybridized carbons (Fsp3) is 0.545. The standard InChI is InChI=1S/C11H14F4N2O4S/c1-4-21-10(18)9-8(12)7(5-17(9)3)22(19,20)16-6(2)11(13,14)15/h5-6,16H,4H2,1-3H3/t6-/m0/s1. The second-order valence-electron chi connectivity index (χ2n) is 4.37. The zero-order valence-electron chi connectivity index (χ0n) is 11.9. The van der Waals surface area contributed by atoms with Crippen LogP contribution in [0.2, 0.25) is 0 Å². The number of rotatable bonds is 5. The van der Waals surface area contributed by atoms with E-state index >= 15 is 0 Å². The summed E-state index contributed by atoms with van der Waals surface area (Å²) in [5.74, 6) is -2.59. The maximum absolute atomic E-state index is 14.1. The molecular formula is C11H14F4N2O4S. The highest BCUT2D eigenvalue weighted by Crippen LogP contribution is 2.24. The number of esters is 1. The molecule has 1 N–H and O–H groups in total. The molecule has 1 atom stereocenters. The molecule has 0 saturated carbocycles. The van der Waals surface area contributed by atoms with E-state index in [-0.39, 0.29) is 6.61 Å². The molecule has 0 radical (unpaired) electrons. The highest BCUT2D eigenvalue weighted by Gasteiger charge is 2.40. The van der Waals surface area contributed by atoms with Gasteiger partial charge in [0, 0.05) is 13.2 Å². The van der Waals surface area contributed by atoms with Gasteiger partial charge in [0.05, 0.1) is 6.61 Å². The Hall–Kier alpha value is -1.62. The molecule has 126 valence electrons. The van der Waals surface area contributed by atoms with E-state index in [4.69, 9.17) is 0 Å². The minimum atomic E-state index is -4.83. The second-order valence-corrected chi connectivity index (χ2v) is 6.05. The Bertz CT molecular complexity index is 666. The third kappa shape index (κ3) is 3.77. The van der Waals surface area contributed by atoms with E-state index in [2.05, 4.69) is 4.74 Å². The second kappa shape index (κ2) is 6.24. The Morgan fingerprint density at radius 3 is 2.45 bits per heavy atom. The molecule has 0 aliphatic rings. The van der Waals surface area contributed by atoms with Gasteiger partial charge in [-0.05, 0) is 13.8 Å². The summed E-state index contributed by atoms with van der Waals surface area (Å²) in [4.78, 5) is 10.5. The number of nitrogens with zero attached hydrogens (tertiary/aromatic N) is 1. The molecule has 1 heterocycles. The van der Waals surface area contributed by atoms with Crippen LogP contribution in [0.25, 0.3) is 0 Å². The van der Waals surface area contributed by atoms with Crippen molar-refractivity contribution in [2.75, 3.05) is 6.61 Å². The summed E-state index contributed by atoms with van der Waals surface area (Å²) >= 11 is 0. The first-order valence-corrected chi connectivity index (χ1v) is 7.51. The van der Waals surface area contributed by atoms with Crippen molar-refractivity contribution < 1.29 is 35.5 Å². The van der Waals surface area contributed by atoms with E-state index in [0.717, 1.165) is 4.57 Å². The van der Waals surface area contributed by atoms with Crippen molar-refractivity contribution in [2.24, 2.45) is 7.05 Å². The average Bonchev–Trinajstić information content (AvgIpc) is 2.64. The van der Waals surface area contributed by atoms with Crippen LogP contribution in [-0.4, -0.2) is 37.8 Å². The first kappa shape index (κ1) is 18.4. The summed E-state index contributed by atoms with van der Waals surface area (Å²) < 4.78 is 81.7. The van der Waals surface area contributed by atoms with E-state index in [1.54, 1.807) is 0 Å². The van der Waals surface area contributed by atoms with Crippen LogP contribution in [0.3, 0.4) is 0 Å². The van der Waals surface area contributed by atoms with Gasteiger partial charge < -0.3 is 9.30 Å². The number of aryl methyl sites for hydroxylation is 1. The SMILES string of the molecule is CCOC(=O)c1c(F)c(S(=O)(=O)N[C@@H](C)C(F)(F)F)cn1C. The van der Waals surface area contributed by atoms with Crippen LogP contribution in [0, 0.1) is 5.82 Å². The van der Waals surface area contributed by atoms with Crippen LogP contribution in [0.15, 0.2) is 11.1 Å². The van der Waals surface area contributed by atoms with Crippen molar-refractivity contribution in [3.05, 3.63) is 17.7 Å². The van der Waals surface area contributed by atoms with Crippen LogP contribution in [-0.2, 0) is 21.8 Å². The van der Waals surface area contributed by atoms with Crippen molar-refractivity contribution in [2.45, 2.75) is 31.0 Å². The number of alkyl halides is 3. The molecule has 6 nitrogen and oxygen atoms in total. The van der Waals surface area contributed by atoms with Crippen molar-refractivity contribution in [1.29, 1.82) is 0 Å². The number of carbonyl (C=O) groups excluding carboxylic acids is 1. The topological polar surface area (TPSA) is 77.4 Å². The molecule has 0 fully saturated rings. The van der Waals surface area contributed by atoms with E-state index < -0.39 is 44.6 Å². The molecular weight excluding hydrogens is 332 g/mol. The third-order valence-electron chi connectivity index (χ3n) is 2.67. The number of nitrogens with one attached hydrogen (secondary N) is 1. The van der Waals surface area contributed by atoms with Crippen molar-refractivity contribution in [1.82, 2.24) is 9.29 Å². The van der Waals surface area contributed by atoms with Gasteiger partial charge in [-0.25, -0.2) is 17.6 Å². The van der Waals surface area contributed by atoms with Gasteiger partial charge in [-0.15, -0.1) is 0 Å². The average molecular weight is 346 g/mol. The lowest BCUT2D eigenvalue weighted by molar-refractivity contribution is -0.147. The van der Waals surface area contributed by atoms with Gasteiger partial charge >= 0.3 is 12.1 Å². The number of carbonyl (C=O) groups is 1. The van der Waals surface area contributed by atoms with Gasteiger partial charge in [-0.1, -0.05) is 0 Å². The number of ether oxygens (including phenoxy) is 1. The molecule has 1 rings (SSSR count). The predicted octanol–water partition coefficient (Wildman–Crippen LogP) is 1.57. The number of halogens is 4. The minimum absolute atomic E-state index is 0.0745. The van der Waals surface area contributed by atoms with Crippen LogP contribution in [0.5, 0.6) is 0 Å². The van der Waals surface area contributed by atoms with Gasteiger partial charge in [0.1, 0.15) is 10.9 Å². The van der Waals surface area contributed by atoms with E-state index in [9.17, 15) is 30.8 Å². The van der Waals surface area contributed by atoms with Gasteiger partial charge in [0.15, 0.2) is 11.5 Å². The van der Waals surface area contributed by atoms with Gasteiger partial charge in [-0.3, -0.25) is 0 Å². The molecule has 0 amide bonds. The van der Waals surface area contributed by atoms with Crippen molar-refractivity contribution in [3.63, 3.8) is 0 Å². The van der Waals surface area contributed by atoms with Crippen molar-refractivity contribution >= 4 is 16.0 Å². The molecule has 0 aliphatic carbocycles. The molecule has 22 heavy (non-hydrogen) atoms. The summed E-state index contributed by atoms with van der Waals surface area (Å²) in [6.45, 7) is 1.96. The monoisotopic (exact) mass is 346 g/mol. The summed E-state index contributed by atoms with van der Waals surface area (Å²) in [6, 6.07) is -2.41. The van der Waals surface area contributed by atoms with Gasteiger partial charge in [0.2, 0.25) is 10.0 Å². The largest absolute Gasteiger partial charge is 0.461 e. The number of sulfonamides is 1. The van der Waals surface area contributed by atoms with Crippen LogP contribution in [0.1, 0.15) is 24.3 Å². The molecule has 0 aliphatic heterocycles. The predicted molar refractivity (Wildman–Crippen MR) is 67.2 cm³/mol. The normalized spacial score (nSPS) is 14.0. The number of aromatic nitrogens is 1. The smallest absolute Gasteiger partial charge is 0.404 e. The van der Waals surface area contributed by atoms with Crippen molar-refractivity contribution in [3.8, 4) is 0 Å². The summed E-state index contributed by atoms with van der Waals surface area (Å²) in [6.07, 6.45) is -4.13. The molecule has 0 spiro atoms. The number of hydrogen-bond acceptors (Lipinski definition) is 4. The lowest BCUT2D eigenvalue weighted by Gasteiger charge is -2.16. The molecule has 0 unspecified atom stereocenters. The Morgan fingerprint density at radius 2 is 2.00 bits per heavy atom. The molecule has 0 bridgehead atoms. The van der Waals surface area contributed by atoms with E-state index in [0.29, 0.717) is 13.1 Å². The summed E-state index contributed by atoms with van der Waals surface area (Å²) in [5.41, 5.74) is -0.693. The highest BCUT2D eigenvalue weighted by molar-refractivity contribution is 7.89. The lowest BCUT2D eigenvalue weighted by Crippen LogP contribution is -2.43. The zero-order chi connectivity index (χ0) is 17.3. The summed E-state index contributed by atoms with van der Waals surface area (Å²) in [7, 11) is -3.63. The first-order chi connectivity index (χ1) is 9.91. The van der Waals surface area contributed by atoms with Gasteiger partial charge in [0.25, 0.3) is 0 Å². The maximum Gasteiger partial charge on any atom is 0.404 e. The van der Waals surface area contributed by atoms with Gasteiger partial charge in [-0.2, -0.15) is 17.9 Å². The number of hydrogen-bond donors (Lipinski definition) is 1. The quantitative estimate of drug-likeness (QED) is 0.649. The zero-order valence-corrected chi connectivity index (χ0v) is 12.7. The Morgan fingerprint density at radius 1 is 1.45 bits per heavy atom. The Kier molecular flexibility index (Phi) is 5.23. The van der Waals surface area contributed by atoms with Crippen LogP contribution < -0.4 is 4.72 Å². The lowest BCUT2D eigenvalue weighted by atomic mass is 10.4. The molecule has 0 aromatic carbocycles. The van der Waals surface area contributed by atoms with Crippen LogP contribution in [0.4, 0.5) is 17.6 Å². The fourth-order valence-electron chi connectivity index (χ4n) is 1.55. The molecule has 11 heteroatoms. The highest BCUT2D eigenvalue weighted by atomic mass is 32.2. The molecule has 1 aromatic heterocycles. The minimum Gasteiger partial charge on any atom is -0.461 e. The fourth-order valence-corrected chi connectivity index (χ4v) is 2.91. The first-order valence-electron chi connectivity index (χ1n) is 6.02. The summed E-state index contributed by atoms with van der Waals surface area (Å²) in [5, 5.41) is 0. The Balaban J connectivity index is 3.23. The Labute approximate surface area is 124 Å². The molecule has 0 saturated heterocycles. The third-order valence-corrected chi connectivity index (χ3v) is 4.20. The van der Waals surface area contributed by atoms with E-state index in [1.807, 2.05) is 0 Å². The van der Waals surface area contributed by atoms with Crippen LogP contribution >= 0.6 is 0 Å².